The number of hydrogen-bond donors (Lipinski definition) is 2. The summed E-state index contributed by atoms with van der Waals surface area (Å²) in [6.45, 7) is 1.39. The SMILES string of the molecule is Cc1cc(S(=O)(=O)Nc2ccc(Cl)cc2)ccc1OCC(=O)Nc1cccc(Cl)c1Cl. The number of anilines is 2. The van der Waals surface area contributed by atoms with Crippen molar-refractivity contribution in [3.63, 3.8) is 0 Å². The van der Waals surface area contributed by atoms with Gasteiger partial charge in [0.1, 0.15) is 5.75 Å². The topological polar surface area (TPSA) is 84.5 Å². The Balaban J connectivity index is 1.65. The molecule has 31 heavy (non-hydrogen) atoms. The molecule has 0 aliphatic rings. The van der Waals surface area contributed by atoms with E-state index in [4.69, 9.17) is 39.5 Å². The zero-order chi connectivity index (χ0) is 22.6. The van der Waals surface area contributed by atoms with Gasteiger partial charge >= 0.3 is 0 Å². The summed E-state index contributed by atoms with van der Waals surface area (Å²) >= 11 is 17.8. The summed E-state index contributed by atoms with van der Waals surface area (Å²) in [4.78, 5) is 12.2. The number of nitrogens with one attached hydrogen (secondary N) is 2. The number of benzene rings is 3. The van der Waals surface area contributed by atoms with Crippen molar-refractivity contribution in [2.24, 2.45) is 0 Å². The van der Waals surface area contributed by atoms with Gasteiger partial charge in [-0.1, -0.05) is 40.9 Å². The average molecular weight is 500 g/mol. The summed E-state index contributed by atoms with van der Waals surface area (Å²) in [5, 5.41) is 3.67. The van der Waals surface area contributed by atoms with Gasteiger partial charge in [0, 0.05) is 10.7 Å². The van der Waals surface area contributed by atoms with Crippen molar-refractivity contribution in [3.8, 4) is 5.75 Å². The van der Waals surface area contributed by atoms with Crippen LogP contribution < -0.4 is 14.8 Å². The minimum Gasteiger partial charge on any atom is -0.483 e. The van der Waals surface area contributed by atoms with E-state index >= 15 is 0 Å². The van der Waals surface area contributed by atoms with E-state index in [0.717, 1.165) is 0 Å². The number of aryl methyl sites for hydroxylation is 1. The van der Waals surface area contributed by atoms with E-state index in [-0.39, 0.29) is 16.5 Å². The molecular formula is C21H17Cl3N2O4S. The summed E-state index contributed by atoms with van der Waals surface area (Å²) in [5.41, 5.74) is 1.31. The van der Waals surface area contributed by atoms with E-state index in [9.17, 15) is 13.2 Å². The van der Waals surface area contributed by atoms with Crippen molar-refractivity contribution in [1.82, 2.24) is 0 Å². The van der Waals surface area contributed by atoms with Crippen molar-refractivity contribution in [1.29, 1.82) is 0 Å². The first kappa shape index (κ1) is 23.2. The highest BCUT2D eigenvalue weighted by molar-refractivity contribution is 7.92. The lowest BCUT2D eigenvalue weighted by molar-refractivity contribution is -0.118. The number of carbonyl (C=O) groups excluding carboxylic acids is 1. The van der Waals surface area contributed by atoms with Crippen LogP contribution in [0.2, 0.25) is 15.1 Å². The van der Waals surface area contributed by atoms with E-state index in [1.807, 2.05) is 0 Å². The van der Waals surface area contributed by atoms with Gasteiger partial charge in [0.2, 0.25) is 0 Å². The molecule has 3 aromatic carbocycles. The third-order valence-corrected chi connectivity index (χ3v) is 6.59. The highest BCUT2D eigenvalue weighted by Gasteiger charge is 2.16. The molecular weight excluding hydrogens is 483 g/mol. The first-order valence-electron chi connectivity index (χ1n) is 8.91. The Morgan fingerprint density at radius 2 is 1.71 bits per heavy atom. The fraction of sp³-hybridized carbons (Fsp3) is 0.0952. The van der Waals surface area contributed by atoms with Gasteiger partial charge in [-0.25, -0.2) is 8.42 Å². The van der Waals surface area contributed by atoms with Crippen molar-refractivity contribution in [2.45, 2.75) is 11.8 Å². The third kappa shape index (κ3) is 6.04. The molecule has 0 fully saturated rings. The lowest BCUT2D eigenvalue weighted by Crippen LogP contribution is -2.20. The molecule has 162 valence electrons. The number of carbonyl (C=O) groups is 1. The molecule has 6 nitrogen and oxygen atoms in total. The van der Waals surface area contributed by atoms with Crippen LogP contribution in [0.4, 0.5) is 11.4 Å². The largest absolute Gasteiger partial charge is 0.483 e. The summed E-state index contributed by atoms with van der Waals surface area (Å²) in [5.74, 6) is -0.0672. The molecule has 0 aliphatic carbocycles. The van der Waals surface area contributed by atoms with Crippen LogP contribution in [0.1, 0.15) is 5.56 Å². The van der Waals surface area contributed by atoms with E-state index < -0.39 is 15.9 Å². The molecule has 0 bridgehead atoms. The van der Waals surface area contributed by atoms with Gasteiger partial charge in [-0.15, -0.1) is 0 Å². The minimum atomic E-state index is -3.80. The molecule has 0 saturated carbocycles. The Labute approximate surface area is 195 Å². The highest BCUT2D eigenvalue weighted by atomic mass is 35.5. The maximum absolute atomic E-state index is 12.6. The van der Waals surface area contributed by atoms with Gasteiger partial charge in [0.15, 0.2) is 6.61 Å². The molecule has 0 aromatic heterocycles. The van der Waals surface area contributed by atoms with Gasteiger partial charge in [0.05, 0.1) is 20.6 Å². The second-order valence-electron chi connectivity index (χ2n) is 6.48. The maximum atomic E-state index is 12.6. The van der Waals surface area contributed by atoms with Gasteiger partial charge in [-0.05, 0) is 67.1 Å². The molecule has 3 rings (SSSR count). The van der Waals surface area contributed by atoms with Crippen LogP contribution in [0, 0.1) is 6.92 Å². The molecule has 10 heteroatoms. The van der Waals surface area contributed by atoms with E-state index in [1.165, 1.54) is 18.2 Å². The van der Waals surface area contributed by atoms with Crippen molar-refractivity contribution >= 4 is 62.1 Å². The summed E-state index contributed by atoms with van der Waals surface area (Å²) in [6, 6.07) is 15.5. The summed E-state index contributed by atoms with van der Waals surface area (Å²) < 4.78 is 33.2. The highest BCUT2D eigenvalue weighted by Crippen LogP contribution is 2.29. The Hall–Kier alpha value is -2.45. The fourth-order valence-electron chi connectivity index (χ4n) is 2.61. The predicted molar refractivity (Wildman–Crippen MR) is 124 cm³/mol. The molecule has 2 N–H and O–H groups in total. The number of rotatable bonds is 7. The molecule has 0 spiro atoms. The van der Waals surface area contributed by atoms with E-state index in [1.54, 1.807) is 49.4 Å². The van der Waals surface area contributed by atoms with E-state index in [2.05, 4.69) is 10.0 Å². The molecule has 3 aromatic rings. The Kier molecular flexibility index (Phi) is 7.33. The van der Waals surface area contributed by atoms with Crippen LogP contribution in [-0.2, 0) is 14.8 Å². The first-order chi connectivity index (χ1) is 14.7. The van der Waals surface area contributed by atoms with Crippen LogP contribution in [-0.4, -0.2) is 20.9 Å². The maximum Gasteiger partial charge on any atom is 0.262 e. The molecule has 0 atom stereocenters. The first-order valence-corrected chi connectivity index (χ1v) is 11.5. The lowest BCUT2D eigenvalue weighted by Gasteiger charge is -2.13. The number of hydrogen-bond acceptors (Lipinski definition) is 4. The van der Waals surface area contributed by atoms with Crippen LogP contribution >= 0.6 is 34.8 Å². The Bertz CT molecular complexity index is 1220. The number of amides is 1. The van der Waals surface area contributed by atoms with Gasteiger partial charge < -0.3 is 10.1 Å². The van der Waals surface area contributed by atoms with Crippen LogP contribution in [0.15, 0.2) is 65.6 Å². The molecule has 0 heterocycles. The van der Waals surface area contributed by atoms with Crippen molar-refractivity contribution < 1.29 is 17.9 Å². The zero-order valence-electron chi connectivity index (χ0n) is 16.2. The molecule has 0 saturated heterocycles. The lowest BCUT2D eigenvalue weighted by atomic mass is 10.2. The predicted octanol–water partition coefficient (Wildman–Crippen LogP) is 5.77. The smallest absolute Gasteiger partial charge is 0.262 e. The van der Waals surface area contributed by atoms with Crippen molar-refractivity contribution in [3.05, 3.63) is 81.3 Å². The quantitative estimate of drug-likeness (QED) is 0.432. The standard InChI is InChI=1S/C21H17Cl3N2O4S/c1-13-11-16(31(28,29)26-15-7-5-14(22)6-8-15)9-10-19(13)30-12-20(27)25-18-4-2-3-17(23)21(18)24/h2-11,26H,12H2,1H3,(H,25,27). The second kappa shape index (κ2) is 9.78. The normalized spacial score (nSPS) is 11.1. The van der Waals surface area contributed by atoms with Gasteiger partial charge in [-0.2, -0.15) is 0 Å². The monoisotopic (exact) mass is 498 g/mol. The van der Waals surface area contributed by atoms with Crippen LogP contribution in [0.25, 0.3) is 0 Å². The van der Waals surface area contributed by atoms with Crippen LogP contribution in [0.5, 0.6) is 5.75 Å². The Morgan fingerprint density at radius 1 is 1.00 bits per heavy atom. The van der Waals surface area contributed by atoms with Gasteiger partial charge in [0.25, 0.3) is 15.9 Å². The number of sulfonamides is 1. The number of ether oxygens (including phenoxy) is 1. The van der Waals surface area contributed by atoms with E-state index in [0.29, 0.717) is 32.7 Å². The van der Waals surface area contributed by atoms with Crippen molar-refractivity contribution in [2.75, 3.05) is 16.6 Å². The third-order valence-electron chi connectivity index (χ3n) is 4.14. The molecule has 0 unspecified atom stereocenters. The van der Waals surface area contributed by atoms with Crippen LogP contribution in [0.3, 0.4) is 0 Å². The summed E-state index contributed by atoms with van der Waals surface area (Å²) in [6.07, 6.45) is 0. The fourth-order valence-corrected chi connectivity index (χ4v) is 4.23. The average Bonchev–Trinajstić information content (AvgIpc) is 2.72. The molecule has 1 amide bonds. The Morgan fingerprint density at radius 3 is 2.39 bits per heavy atom. The minimum absolute atomic E-state index is 0.0578. The zero-order valence-corrected chi connectivity index (χ0v) is 19.2. The molecule has 0 aliphatic heterocycles. The summed E-state index contributed by atoms with van der Waals surface area (Å²) in [7, 11) is -3.80. The number of halogens is 3. The molecule has 0 radical (unpaired) electrons. The second-order valence-corrected chi connectivity index (χ2v) is 9.38. The van der Waals surface area contributed by atoms with Gasteiger partial charge in [-0.3, -0.25) is 9.52 Å².